The molecule has 1 aromatic heterocycles. The lowest BCUT2D eigenvalue weighted by Gasteiger charge is -2.03. The van der Waals surface area contributed by atoms with Gasteiger partial charge in [-0.3, -0.25) is 0 Å². The van der Waals surface area contributed by atoms with Crippen LogP contribution >= 0.6 is 15.9 Å². The molecule has 0 atom stereocenters. The second-order valence-electron chi connectivity index (χ2n) is 3.41. The summed E-state index contributed by atoms with van der Waals surface area (Å²) in [6, 6.07) is 7.98. The van der Waals surface area contributed by atoms with Crippen molar-refractivity contribution in [3.63, 3.8) is 0 Å². The van der Waals surface area contributed by atoms with Crippen LogP contribution in [0.5, 0.6) is 0 Å². The SMILES string of the molecule is CCn1nnc(-c2cccc(Br)c2)c1CN. The molecule has 84 valence electrons. The molecule has 2 N–H and O–H groups in total. The Morgan fingerprint density at radius 3 is 2.88 bits per heavy atom. The van der Waals surface area contributed by atoms with E-state index in [0.717, 1.165) is 28.0 Å². The van der Waals surface area contributed by atoms with E-state index in [1.165, 1.54) is 0 Å². The minimum atomic E-state index is 0.447. The first-order valence-electron chi connectivity index (χ1n) is 5.14. The van der Waals surface area contributed by atoms with Crippen molar-refractivity contribution >= 4 is 15.9 Å². The minimum Gasteiger partial charge on any atom is -0.325 e. The predicted molar refractivity (Wildman–Crippen MR) is 66.7 cm³/mol. The average Bonchev–Trinajstić information content (AvgIpc) is 2.71. The number of nitrogens with two attached hydrogens (primary N) is 1. The summed E-state index contributed by atoms with van der Waals surface area (Å²) < 4.78 is 2.86. The van der Waals surface area contributed by atoms with Gasteiger partial charge in [-0.25, -0.2) is 4.68 Å². The highest BCUT2D eigenvalue weighted by molar-refractivity contribution is 9.10. The van der Waals surface area contributed by atoms with E-state index in [1.807, 2.05) is 35.9 Å². The number of hydrogen-bond acceptors (Lipinski definition) is 3. The van der Waals surface area contributed by atoms with Crippen LogP contribution in [0.3, 0.4) is 0 Å². The van der Waals surface area contributed by atoms with Gasteiger partial charge >= 0.3 is 0 Å². The molecular weight excluding hydrogens is 268 g/mol. The van der Waals surface area contributed by atoms with Crippen molar-refractivity contribution in [1.29, 1.82) is 0 Å². The highest BCUT2D eigenvalue weighted by atomic mass is 79.9. The van der Waals surface area contributed by atoms with Crippen LogP contribution in [-0.2, 0) is 13.1 Å². The van der Waals surface area contributed by atoms with Crippen LogP contribution in [0.4, 0.5) is 0 Å². The topological polar surface area (TPSA) is 56.7 Å². The maximum Gasteiger partial charge on any atom is 0.117 e. The van der Waals surface area contributed by atoms with Gasteiger partial charge in [0.05, 0.1) is 5.69 Å². The summed E-state index contributed by atoms with van der Waals surface area (Å²) in [7, 11) is 0. The van der Waals surface area contributed by atoms with E-state index in [0.29, 0.717) is 6.54 Å². The van der Waals surface area contributed by atoms with Crippen molar-refractivity contribution < 1.29 is 0 Å². The van der Waals surface area contributed by atoms with Gasteiger partial charge in [-0.2, -0.15) is 0 Å². The summed E-state index contributed by atoms with van der Waals surface area (Å²) in [5.74, 6) is 0. The number of rotatable bonds is 3. The Morgan fingerprint density at radius 2 is 2.25 bits per heavy atom. The van der Waals surface area contributed by atoms with E-state index in [-0.39, 0.29) is 0 Å². The van der Waals surface area contributed by atoms with Gasteiger partial charge < -0.3 is 5.73 Å². The van der Waals surface area contributed by atoms with Crippen molar-refractivity contribution in [2.24, 2.45) is 5.73 Å². The largest absolute Gasteiger partial charge is 0.325 e. The fourth-order valence-electron chi connectivity index (χ4n) is 1.65. The predicted octanol–water partition coefficient (Wildman–Crippen LogP) is 2.19. The van der Waals surface area contributed by atoms with E-state index in [1.54, 1.807) is 0 Å². The standard InChI is InChI=1S/C11H13BrN4/c1-2-16-10(7-13)11(14-15-16)8-4-3-5-9(12)6-8/h3-6H,2,7,13H2,1H3. The maximum atomic E-state index is 5.73. The van der Waals surface area contributed by atoms with Crippen molar-refractivity contribution in [3.8, 4) is 11.3 Å². The van der Waals surface area contributed by atoms with Crippen LogP contribution in [0, 0.1) is 0 Å². The van der Waals surface area contributed by atoms with Crippen LogP contribution in [0.1, 0.15) is 12.6 Å². The molecule has 0 unspecified atom stereocenters. The van der Waals surface area contributed by atoms with Crippen LogP contribution in [0.25, 0.3) is 11.3 Å². The lowest BCUT2D eigenvalue weighted by molar-refractivity contribution is 0.598. The van der Waals surface area contributed by atoms with Crippen LogP contribution in [0.2, 0.25) is 0 Å². The maximum absolute atomic E-state index is 5.73. The molecule has 0 bridgehead atoms. The molecule has 0 radical (unpaired) electrons. The number of halogens is 1. The normalized spacial score (nSPS) is 10.7. The molecule has 0 amide bonds. The van der Waals surface area contributed by atoms with Crippen molar-refractivity contribution in [2.45, 2.75) is 20.0 Å². The molecule has 16 heavy (non-hydrogen) atoms. The molecule has 0 saturated heterocycles. The smallest absolute Gasteiger partial charge is 0.117 e. The van der Waals surface area contributed by atoms with Gasteiger partial charge in [0.15, 0.2) is 0 Å². The third kappa shape index (κ3) is 2.01. The Morgan fingerprint density at radius 1 is 1.44 bits per heavy atom. The van der Waals surface area contributed by atoms with Gasteiger partial charge in [0, 0.05) is 23.1 Å². The first kappa shape index (κ1) is 11.3. The average molecular weight is 281 g/mol. The van der Waals surface area contributed by atoms with Gasteiger partial charge in [0.2, 0.25) is 0 Å². The van der Waals surface area contributed by atoms with Gasteiger partial charge in [-0.1, -0.05) is 33.3 Å². The van der Waals surface area contributed by atoms with Crippen molar-refractivity contribution in [1.82, 2.24) is 15.0 Å². The Bertz CT molecular complexity index is 492. The highest BCUT2D eigenvalue weighted by Crippen LogP contribution is 2.23. The summed E-state index contributed by atoms with van der Waals surface area (Å²) in [6.45, 7) is 3.26. The Balaban J connectivity index is 2.51. The number of hydrogen-bond donors (Lipinski definition) is 1. The number of nitrogens with zero attached hydrogens (tertiary/aromatic N) is 3. The molecule has 4 nitrogen and oxygen atoms in total. The third-order valence-electron chi connectivity index (χ3n) is 2.43. The molecule has 0 aliphatic carbocycles. The highest BCUT2D eigenvalue weighted by Gasteiger charge is 2.12. The first-order valence-corrected chi connectivity index (χ1v) is 5.94. The van der Waals surface area contributed by atoms with Crippen LogP contribution in [-0.4, -0.2) is 15.0 Å². The monoisotopic (exact) mass is 280 g/mol. The molecule has 0 aliphatic heterocycles. The van der Waals surface area contributed by atoms with E-state index in [9.17, 15) is 0 Å². The van der Waals surface area contributed by atoms with E-state index < -0.39 is 0 Å². The first-order chi connectivity index (χ1) is 7.76. The quantitative estimate of drug-likeness (QED) is 0.938. The Hall–Kier alpha value is -1.20. The molecule has 1 heterocycles. The molecule has 2 aromatic rings. The lowest BCUT2D eigenvalue weighted by Crippen LogP contribution is -2.08. The molecule has 0 spiro atoms. The zero-order chi connectivity index (χ0) is 11.5. The summed E-state index contributed by atoms with van der Waals surface area (Å²) in [5, 5.41) is 8.26. The summed E-state index contributed by atoms with van der Waals surface area (Å²) in [6.07, 6.45) is 0. The molecule has 2 rings (SSSR count). The zero-order valence-corrected chi connectivity index (χ0v) is 10.6. The number of benzene rings is 1. The number of aryl methyl sites for hydroxylation is 1. The Labute approximate surface area is 103 Å². The van der Waals surface area contributed by atoms with E-state index in [4.69, 9.17) is 5.73 Å². The lowest BCUT2D eigenvalue weighted by atomic mass is 10.1. The van der Waals surface area contributed by atoms with Gasteiger partial charge in [0.25, 0.3) is 0 Å². The molecule has 5 heteroatoms. The zero-order valence-electron chi connectivity index (χ0n) is 9.02. The van der Waals surface area contributed by atoms with E-state index >= 15 is 0 Å². The van der Waals surface area contributed by atoms with Gasteiger partial charge in [0.1, 0.15) is 5.69 Å². The fraction of sp³-hybridized carbons (Fsp3) is 0.273. The second kappa shape index (κ2) is 4.76. The molecular formula is C11H13BrN4. The van der Waals surface area contributed by atoms with E-state index in [2.05, 4.69) is 26.2 Å². The third-order valence-corrected chi connectivity index (χ3v) is 2.92. The van der Waals surface area contributed by atoms with Crippen LogP contribution < -0.4 is 5.73 Å². The summed E-state index contributed by atoms with van der Waals surface area (Å²) >= 11 is 3.44. The fourth-order valence-corrected chi connectivity index (χ4v) is 2.05. The van der Waals surface area contributed by atoms with Crippen molar-refractivity contribution in [3.05, 3.63) is 34.4 Å². The second-order valence-corrected chi connectivity index (χ2v) is 4.33. The van der Waals surface area contributed by atoms with Gasteiger partial charge in [-0.05, 0) is 19.1 Å². The summed E-state index contributed by atoms with van der Waals surface area (Å²) in [5.41, 5.74) is 8.61. The molecule has 0 saturated carbocycles. The van der Waals surface area contributed by atoms with Crippen molar-refractivity contribution in [2.75, 3.05) is 0 Å². The van der Waals surface area contributed by atoms with Gasteiger partial charge in [-0.15, -0.1) is 5.10 Å². The molecule has 0 fully saturated rings. The van der Waals surface area contributed by atoms with Crippen LogP contribution in [0.15, 0.2) is 28.7 Å². The number of aromatic nitrogens is 3. The molecule has 1 aromatic carbocycles. The summed E-state index contributed by atoms with van der Waals surface area (Å²) in [4.78, 5) is 0. The minimum absolute atomic E-state index is 0.447. The molecule has 0 aliphatic rings. The Kier molecular flexibility index (Phi) is 3.36.